The Hall–Kier alpha value is -1.40. The molecule has 1 aromatic rings. The first-order valence-corrected chi connectivity index (χ1v) is 7.77. The van der Waals surface area contributed by atoms with Gasteiger partial charge in [0.2, 0.25) is 11.8 Å². The van der Waals surface area contributed by atoms with E-state index in [0.717, 1.165) is 43.0 Å². The van der Waals surface area contributed by atoms with E-state index in [9.17, 15) is 9.59 Å². The number of piperidine rings is 1. The molecule has 2 N–H and O–H groups in total. The summed E-state index contributed by atoms with van der Waals surface area (Å²) in [5, 5.41) is 8.35. The molecule has 6 heteroatoms. The highest BCUT2D eigenvalue weighted by molar-refractivity contribution is 7.10. The van der Waals surface area contributed by atoms with E-state index >= 15 is 0 Å². The predicted octanol–water partition coefficient (Wildman–Crippen LogP) is 1.81. The highest BCUT2D eigenvalue weighted by Crippen LogP contribution is 2.22. The van der Waals surface area contributed by atoms with E-state index in [0.29, 0.717) is 6.04 Å². The van der Waals surface area contributed by atoms with E-state index in [4.69, 9.17) is 0 Å². The van der Waals surface area contributed by atoms with Gasteiger partial charge in [-0.25, -0.2) is 0 Å². The van der Waals surface area contributed by atoms with Crippen molar-refractivity contribution in [2.75, 3.05) is 18.4 Å². The van der Waals surface area contributed by atoms with Crippen LogP contribution in [0.1, 0.15) is 31.6 Å². The van der Waals surface area contributed by atoms with Crippen LogP contribution in [-0.2, 0) is 16.1 Å². The molecule has 2 rings (SSSR count). The lowest BCUT2D eigenvalue weighted by atomic mass is 10.1. The summed E-state index contributed by atoms with van der Waals surface area (Å²) >= 11 is 1.64. The Balaban J connectivity index is 1.80. The van der Waals surface area contributed by atoms with Gasteiger partial charge in [0.25, 0.3) is 0 Å². The lowest BCUT2D eigenvalue weighted by molar-refractivity contribution is -0.129. The number of anilines is 1. The molecule has 110 valence electrons. The van der Waals surface area contributed by atoms with Crippen LogP contribution in [0.2, 0.25) is 0 Å². The maximum Gasteiger partial charge on any atom is 0.221 e. The molecule has 1 fully saturated rings. The third-order valence-corrected chi connectivity index (χ3v) is 4.47. The normalized spacial score (nSPS) is 16.2. The number of rotatable bonds is 4. The molecular weight excluding hydrogens is 274 g/mol. The molecule has 20 heavy (non-hydrogen) atoms. The maximum absolute atomic E-state index is 11.3. The van der Waals surface area contributed by atoms with Crippen molar-refractivity contribution in [1.82, 2.24) is 10.2 Å². The second-order valence-electron chi connectivity index (χ2n) is 5.10. The minimum absolute atomic E-state index is 0.0422. The predicted molar refractivity (Wildman–Crippen MR) is 80.7 cm³/mol. The second-order valence-corrected chi connectivity index (χ2v) is 6.10. The van der Waals surface area contributed by atoms with Gasteiger partial charge in [0, 0.05) is 44.4 Å². The van der Waals surface area contributed by atoms with Crippen molar-refractivity contribution < 1.29 is 9.59 Å². The molecule has 0 spiro atoms. The van der Waals surface area contributed by atoms with Gasteiger partial charge in [-0.1, -0.05) is 0 Å². The summed E-state index contributed by atoms with van der Waals surface area (Å²) in [6, 6.07) is 2.37. The lowest BCUT2D eigenvalue weighted by Gasteiger charge is -2.31. The van der Waals surface area contributed by atoms with Crippen molar-refractivity contribution in [2.24, 2.45) is 0 Å². The van der Waals surface area contributed by atoms with Gasteiger partial charge in [0.05, 0.1) is 5.69 Å². The molecule has 0 unspecified atom stereocenters. The van der Waals surface area contributed by atoms with E-state index in [1.165, 1.54) is 6.92 Å². The van der Waals surface area contributed by atoms with Crippen LogP contribution < -0.4 is 10.6 Å². The first-order valence-electron chi connectivity index (χ1n) is 6.89. The van der Waals surface area contributed by atoms with E-state index < -0.39 is 0 Å². The Kier molecular flexibility index (Phi) is 5.14. The zero-order valence-electron chi connectivity index (χ0n) is 11.9. The van der Waals surface area contributed by atoms with Crippen molar-refractivity contribution in [3.05, 3.63) is 16.3 Å². The largest absolute Gasteiger partial charge is 0.343 e. The summed E-state index contributed by atoms with van der Waals surface area (Å²) in [4.78, 5) is 25.4. The smallest absolute Gasteiger partial charge is 0.221 e. The second kappa shape index (κ2) is 6.85. The average Bonchev–Trinajstić information content (AvgIpc) is 2.83. The Morgan fingerprint density at radius 2 is 2.05 bits per heavy atom. The van der Waals surface area contributed by atoms with Crippen molar-refractivity contribution in [3.63, 3.8) is 0 Å². The van der Waals surface area contributed by atoms with Crippen LogP contribution >= 0.6 is 11.3 Å². The molecule has 1 saturated heterocycles. The summed E-state index contributed by atoms with van der Waals surface area (Å²) in [7, 11) is 0. The van der Waals surface area contributed by atoms with Crippen LogP contribution in [0, 0.1) is 0 Å². The maximum atomic E-state index is 11.3. The lowest BCUT2D eigenvalue weighted by Crippen LogP contribution is -2.43. The van der Waals surface area contributed by atoms with Crippen LogP contribution in [0.3, 0.4) is 0 Å². The van der Waals surface area contributed by atoms with Crippen LogP contribution in [-0.4, -0.2) is 35.8 Å². The molecular formula is C14H21N3O2S. The molecule has 0 atom stereocenters. The molecule has 1 aromatic heterocycles. The number of nitrogens with zero attached hydrogens (tertiary/aromatic N) is 1. The third kappa shape index (κ3) is 4.05. The molecule has 0 aliphatic carbocycles. The van der Waals surface area contributed by atoms with Gasteiger partial charge in [-0.15, -0.1) is 11.3 Å². The first-order chi connectivity index (χ1) is 9.56. The van der Waals surface area contributed by atoms with Crippen molar-refractivity contribution >= 4 is 28.8 Å². The highest BCUT2D eigenvalue weighted by Gasteiger charge is 2.20. The molecule has 2 heterocycles. The number of amides is 2. The first kappa shape index (κ1) is 15.0. The molecule has 2 amide bonds. The van der Waals surface area contributed by atoms with Gasteiger partial charge in [-0.05, 0) is 24.3 Å². The van der Waals surface area contributed by atoms with E-state index in [2.05, 4.69) is 10.6 Å². The van der Waals surface area contributed by atoms with Gasteiger partial charge in [-0.3, -0.25) is 9.59 Å². The standard InChI is InChI=1S/C14H21N3O2S/c1-10(18)16-13-5-8-20-14(13)9-15-12-3-6-17(7-4-12)11(2)19/h5,8,12,15H,3-4,6-7,9H2,1-2H3,(H,16,18). The van der Waals surface area contributed by atoms with Crippen molar-refractivity contribution in [3.8, 4) is 0 Å². The quantitative estimate of drug-likeness (QED) is 0.890. The van der Waals surface area contributed by atoms with Gasteiger partial charge < -0.3 is 15.5 Å². The highest BCUT2D eigenvalue weighted by atomic mass is 32.1. The van der Waals surface area contributed by atoms with Crippen LogP contribution in [0.5, 0.6) is 0 Å². The van der Waals surface area contributed by atoms with Crippen molar-refractivity contribution in [1.29, 1.82) is 0 Å². The van der Waals surface area contributed by atoms with Gasteiger partial charge in [-0.2, -0.15) is 0 Å². The Morgan fingerprint density at radius 1 is 1.35 bits per heavy atom. The Bertz CT molecular complexity index is 479. The monoisotopic (exact) mass is 295 g/mol. The molecule has 0 saturated carbocycles. The van der Waals surface area contributed by atoms with Gasteiger partial charge in [0.15, 0.2) is 0 Å². The van der Waals surface area contributed by atoms with E-state index in [1.54, 1.807) is 18.3 Å². The van der Waals surface area contributed by atoms with E-state index in [-0.39, 0.29) is 11.8 Å². The number of carbonyl (C=O) groups is 2. The van der Waals surface area contributed by atoms with Gasteiger partial charge >= 0.3 is 0 Å². The van der Waals surface area contributed by atoms with E-state index in [1.807, 2.05) is 16.3 Å². The number of likely N-dealkylation sites (tertiary alicyclic amines) is 1. The summed E-state index contributed by atoms with van der Waals surface area (Å²) in [6.45, 7) is 5.56. The fourth-order valence-electron chi connectivity index (χ4n) is 2.41. The molecule has 5 nitrogen and oxygen atoms in total. The number of nitrogens with one attached hydrogen (secondary N) is 2. The summed E-state index contributed by atoms with van der Waals surface area (Å²) in [5.74, 6) is 0.120. The summed E-state index contributed by atoms with van der Waals surface area (Å²) in [6.07, 6.45) is 1.97. The number of hydrogen-bond donors (Lipinski definition) is 2. The fraction of sp³-hybridized carbons (Fsp3) is 0.571. The molecule has 0 radical (unpaired) electrons. The topological polar surface area (TPSA) is 61.4 Å². The SMILES string of the molecule is CC(=O)Nc1ccsc1CNC1CCN(C(C)=O)CC1. The number of hydrogen-bond acceptors (Lipinski definition) is 4. The van der Waals surface area contributed by atoms with Crippen LogP contribution in [0.15, 0.2) is 11.4 Å². The van der Waals surface area contributed by atoms with Crippen LogP contribution in [0.4, 0.5) is 5.69 Å². The minimum Gasteiger partial charge on any atom is -0.343 e. The molecule has 0 bridgehead atoms. The third-order valence-electron chi connectivity index (χ3n) is 3.55. The summed E-state index contributed by atoms with van der Waals surface area (Å²) < 4.78 is 0. The average molecular weight is 295 g/mol. The van der Waals surface area contributed by atoms with Gasteiger partial charge in [0.1, 0.15) is 0 Å². The molecule has 0 aromatic carbocycles. The summed E-state index contributed by atoms with van der Waals surface area (Å²) in [5.41, 5.74) is 0.899. The molecule has 1 aliphatic rings. The fourth-order valence-corrected chi connectivity index (χ4v) is 3.20. The Labute approximate surface area is 123 Å². The zero-order chi connectivity index (χ0) is 14.5. The minimum atomic E-state index is -0.0422. The number of carbonyl (C=O) groups excluding carboxylic acids is 2. The molecule has 1 aliphatic heterocycles. The zero-order valence-corrected chi connectivity index (χ0v) is 12.8. The van der Waals surface area contributed by atoms with Crippen LogP contribution in [0.25, 0.3) is 0 Å². The number of thiophene rings is 1. The van der Waals surface area contributed by atoms with Crippen molar-refractivity contribution in [2.45, 2.75) is 39.3 Å². The Morgan fingerprint density at radius 3 is 2.65 bits per heavy atom.